The Labute approximate surface area is 73.3 Å². The third-order valence-electron chi connectivity index (χ3n) is 1.83. The molecule has 0 aromatic carbocycles. The van der Waals surface area contributed by atoms with Crippen LogP contribution in [0.2, 0.25) is 0 Å². The Kier molecular flexibility index (Phi) is 3.64. The first-order chi connectivity index (χ1) is 5.29. The lowest BCUT2D eigenvalue weighted by Crippen LogP contribution is -1.88. The van der Waals surface area contributed by atoms with Crippen molar-refractivity contribution in [1.82, 2.24) is 0 Å². The van der Waals surface area contributed by atoms with Crippen molar-refractivity contribution in [1.29, 1.82) is 0 Å². The van der Waals surface area contributed by atoms with Crippen LogP contribution in [0.15, 0.2) is 16.8 Å². The highest BCUT2D eigenvalue weighted by atomic mass is 32.1. The van der Waals surface area contributed by atoms with E-state index in [1.54, 1.807) is 11.3 Å². The molecule has 0 spiro atoms. The Balaban J connectivity index is 2.14. The summed E-state index contributed by atoms with van der Waals surface area (Å²) in [4.78, 5) is 0. The molecule has 0 unspecified atom stereocenters. The zero-order chi connectivity index (χ0) is 8.10. The highest BCUT2D eigenvalue weighted by Gasteiger charge is 1.95. The summed E-state index contributed by atoms with van der Waals surface area (Å²) in [5.41, 5.74) is 1.51. The normalized spacial score (nSPS) is 10.8. The number of thiophene rings is 1. The van der Waals surface area contributed by atoms with Crippen molar-refractivity contribution in [2.75, 3.05) is 0 Å². The summed E-state index contributed by atoms with van der Waals surface area (Å²) in [5.74, 6) is 0.855. The smallest absolute Gasteiger partial charge is 0.00613 e. The standard InChI is InChI=1S/C10H16S/c1-9(2)4-3-5-10-6-7-11-8-10/h6-9H,3-5H2,1-2H3. The molecule has 0 amide bonds. The molecule has 0 saturated heterocycles. The molecule has 1 aromatic heterocycles. The second-order valence-electron chi connectivity index (χ2n) is 3.42. The van der Waals surface area contributed by atoms with Crippen molar-refractivity contribution < 1.29 is 0 Å². The van der Waals surface area contributed by atoms with Crippen molar-refractivity contribution >= 4 is 11.3 Å². The molecule has 0 aliphatic rings. The summed E-state index contributed by atoms with van der Waals surface area (Å²) in [7, 11) is 0. The lowest BCUT2D eigenvalue weighted by molar-refractivity contribution is 0.556. The molecule has 11 heavy (non-hydrogen) atoms. The van der Waals surface area contributed by atoms with E-state index in [1.807, 2.05) is 0 Å². The molecule has 1 heterocycles. The fraction of sp³-hybridized carbons (Fsp3) is 0.600. The molecule has 1 aromatic rings. The van der Waals surface area contributed by atoms with Gasteiger partial charge in [0.2, 0.25) is 0 Å². The Morgan fingerprint density at radius 2 is 2.27 bits per heavy atom. The van der Waals surface area contributed by atoms with Gasteiger partial charge in [0.05, 0.1) is 0 Å². The highest BCUT2D eigenvalue weighted by molar-refractivity contribution is 7.07. The minimum atomic E-state index is 0.855. The number of hydrogen-bond donors (Lipinski definition) is 0. The van der Waals surface area contributed by atoms with Gasteiger partial charge in [0, 0.05) is 0 Å². The van der Waals surface area contributed by atoms with E-state index in [-0.39, 0.29) is 0 Å². The molecule has 0 nitrogen and oxygen atoms in total. The number of rotatable bonds is 4. The summed E-state index contributed by atoms with van der Waals surface area (Å²) in [6.07, 6.45) is 3.96. The van der Waals surface area contributed by atoms with Crippen LogP contribution in [0.1, 0.15) is 32.3 Å². The van der Waals surface area contributed by atoms with Gasteiger partial charge in [-0.2, -0.15) is 11.3 Å². The van der Waals surface area contributed by atoms with Gasteiger partial charge in [-0.25, -0.2) is 0 Å². The molecular weight excluding hydrogens is 152 g/mol. The van der Waals surface area contributed by atoms with Crippen molar-refractivity contribution in [3.8, 4) is 0 Å². The Morgan fingerprint density at radius 1 is 1.45 bits per heavy atom. The molecule has 0 aliphatic carbocycles. The minimum absolute atomic E-state index is 0.855. The fourth-order valence-corrected chi connectivity index (χ4v) is 1.85. The molecule has 0 saturated carbocycles. The average molecular weight is 168 g/mol. The second kappa shape index (κ2) is 4.55. The van der Waals surface area contributed by atoms with Crippen LogP contribution in [0.25, 0.3) is 0 Å². The van der Waals surface area contributed by atoms with Crippen molar-refractivity contribution in [3.05, 3.63) is 22.4 Å². The Hall–Kier alpha value is -0.300. The van der Waals surface area contributed by atoms with Crippen LogP contribution in [0.3, 0.4) is 0 Å². The van der Waals surface area contributed by atoms with Crippen molar-refractivity contribution in [2.45, 2.75) is 33.1 Å². The summed E-state index contributed by atoms with van der Waals surface area (Å²) in [6.45, 7) is 4.57. The molecule has 0 fully saturated rings. The van der Waals surface area contributed by atoms with E-state index < -0.39 is 0 Å². The first kappa shape index (κ1) is 8.79. The predicted octanol–water partition coefficient (Wildman–Crippen LogP) is 3.73. The number of hydrogen-bond acceptors (Lipinski definition) is 1. The molecule has 0 bridgehead atoms. The first-order valence-corrected chi connectivity index (χ1v) is 5.24. The van der Waals surface area contributed by atoms with Crippen LogP contribution in [0.4, 0.5) is 0 Å². The summed E-state index contributed by atoms with van der Waals surface area (Å²) < 4.78 is 0. The fourth-order valence-electron chi connectivity index (χ4n) is 1.15. The zero-order valence-corrected chi connectivity index (χ0v) is 8.16. The maximum absolute atomic E-state index is 2.29. The molecule has 1 heteroatoms. The molecule has 62 valence electrons. The van der Waals surface area contributed by atoms with Crippen LogP contribution >= 0.6 is 11.3 Å². The van der Waals surface area contributed by atoms with E-state index in [9.17, 15) is 0 Å². The van der Waals surface area contributed by atoms with E-state index in [0.29, 0.717) is 0 Å². The quantitative estimate of drug-likeness (QED) is 0.642. The van der Waals surface area contributed by atoms with Gasteiger partial charge in [-0.1, -0.05) is 20.3 Å². The molecule has 0 radical (unpaired) electrons. The van der Waals surface area contributed by atoms with Gasteiger partial charge >= 0.3 is 0 Å². The van der Waals surface area contributed by atoms with Gasteiger partial charge < -0.3 is 0 Å². The second-order valence-corrected chi connectivity index (χ2v) is 4.20. The molecular formula is C10H16S. The minimum Gasteiger partial charge on any atom is -0.152 e. The highest BCUT2D eigenvalue weighted by Crippen LogP contribution is 2.12. The van der Waals surface area contributed by atoms with Gasteiger partial charge in [0.15, 0.2) is 0 Å². The third kappa shape index (κ3) is 3.57. The van der Waals surface area contributed by atoms with E-state index >= 15 is 0 Å². The monoisotopic (exact) mass is 168 g/mol. The molecule has 0 N–H and O–H groups in total. The zero-order valence-electron chi connectivity index (χ0n) is 7.34. The summed E-state index contributed by atoms with van der Waals surface area (Å²) >= 11 is 1.80. The summed E-state index contributed by atoms with van der Waals surface area (Å²) in [6, 6.07) is 2.23. The van der Waals surface area contributed by atoms with Crippen LogP contribution in [0.5, 0.6) is 0 Å². The van der Waals surface area contributed by atoms with Gasteiger partial charge in [0.25, 0.3) is 0 Å². The molecule has 0 atom stereocenters. The van der Waals surface area contributed by atoms with E-state index in [1.165, 1.54) is 24.8 Å². The lowest BCUT2D eigenvalue weighted by atomic mass is 10.0. The Morgan fingerprint density at radius 3 is 2.82 bits per heavy atom. The van der Waals surface area contributed by atoms with Crippen LogP contribution < -0.4 is 0 Å². The van der Waals surface area contributed by atoms with Crippen molar-refractivity contribution in [3.63, 3.8) is 0 Å². The lowest BCUT2D eigenvalue weighted by Gasteiger charge is -2.01. The average Bonchev–Trinajstić information content (AvgIpc) is 2.39. The van der Waals surface area contributed by atoms with E-state index in [0.717, 1.165) is 5.92 Å². The SMILES string of the molecule is CC(C)CCCc1ccsc1. The third-order valence-corrected chi connectivity index (χ3v) is 2.56. The van der Waals surface area contributed by atoms with E-state index in [4.69, 9.17) is 0 Å². The predicted molar refractivity (Wildman–Crippen MR) is 52.1 cm³/mol. The Bertz CT molecular complexity index is 175. The van der Waals surface area contributed by atoms with Crippen LogP contribution in [-0.2, 0) is 6.42 Å². The van der Waals surface area contributed by atoms with Crippen LogP contribution in [0, 0.1) is 5.92 Å². The first-order valence-electron chi connectivity index (χ1n) is 4.30. The van der Waals surface area contributed by atoms with Gasteiger partial charge in [0.1, 0.15) is 0 Å². The maximum Gasteiger partial charge on any atom is -0.00613 e. The molecule has 0 aliphatic heterocycles. The van der Waals surface area contributed by atoms with Gasteiger partial charge in [-0.3, -0.25) is 0 Å². The molecule has 1 rings (SSSR count). The van der Waals surface area contributed by atoms with Crippen LogP contribution in [-0.4, -0.2) is 0 Å². The number of aryl methyl sites for hydroxylation is 1. The largest absolute Gasteiger partial charge is 0.152 e. The van der Waals surface area contributed by atoms with Gasteiger partial charge in [-0.05, 0) is 41.1 Å². The van der Waals surface area contributed by atoms with Crippen molar-refractivity contribution in [2.24, 2.45) is 5.92 Å². The summed E-state index contributed by atoms with van der Waals surface area (Å²) in [5, 5.41) is 4.41. The topological polar surface area (TPSA) is 0 Å². The maximum atomic E-state index is 2.29. The van der Waals surface area contributed by atoms with E-state index in [2.05, 4.69) is 30.7 Å². The van der Waals surface area contributed by atoms with Gasteiger partial charge in [-0.15, -0.1) is 0 Å².